The van der Waals surface area contributed by atoms with Crippen LogP contribution in [0, 0.1) is 20.8 Å². The second-order valence-corrected chi connectivity index (χ2v) is 7.91. The molecule has 7 nitrogen and oxygen atoms in total. The number of ketones is 1. The van der Waals surface area contributed by atoms with Crippen molar-refractivity contribution in [1.29, 1.82) is 0 Å². The second kappa shape index (κ2) is 8.26. The molecule has 0 aliphatic carbocycles. The molecule has 0 radical (unpaired) electrons. The quantitative estimate of drug-likeness (QED) is 0.372. The molecule has 1 aromatic carbocycles. The van der Waals surface area contributed by atoms with E-state index in [-0.39, 0.29) is 11.3 Å². The summed E-state index contributed by atoms with van der Waals surface area (Å²) in [7, 11) is 0. The van der Waals surface area contributed by atoms with Gasteiger partial charge in [-0.25, -0.2) is 4.98 Å². The average Bonchev–Trinajstić information content (AvgIpc) is 3.46. The van der Waals surface area contributed by atoms with Crippen molar-refractivity contribution in [3.05, 3.63) is 82.8 Å². The number of aryl methyl sites for hydroxylation is 4. The van der Waals surface area contributed by atoms with Gasteiger partial charge in [0.15, 0.2) is 0 Å². The molecule has 1 unspecified atom stereocenters. The fourth-order valence-electron chi connectivity index (χ4n) is 3.99. The van der Waals surface area contributed by atoms with Crippen molar-refractivity contribution in [2.24, 2.45) is 0 Å². The van der Waals surface area contributed by atoms with Gasteiger partial charge in [0.2, 0.25) is 0 Å². The van der Waals surface area contributed by atoms with Crippen molar-refractivity contribution in [3.8, 4) is 0 Å². The molecule has 3 heterocycles. The van der Waals surface area contributed by atoms with Crippen LogP contribution in [0.5, 0.6) is 0 Å². The Kier molecular flexibility index (Phi) is 5.50. The molecule has 1 aliphatic rings. The molecule has 31 heavy (non-hydrogen) atoms. The molecule has 0 saturated carbocycles. The number of amides is 1. The van der Waals surface area contributed by atoms with E-state index in [0.29, 0.717) is 36.6 Å². The minimum absolute atomic E-state index is 0.0654. The van der Waals surface area contributed by atoms with Crippen LogP contribution < -0.4 is 0 Å². The smallest absolute Gasteiger partial charge is 0.295 e. The van der Waals surface area contributed by atoms with E-state index in [9.17, 15) is 14.7 Å². The monoisotopic (exact) mass is 419 g/mol. The van der Waals surface area contributed by atoms with Crippen LogP contribution in [0.15, 0.2) is 59.0 Å². The molecular weight excluding hydrogens is 394 g/mol. The number of likely N-dealkylation sites (tertiary alicyclic amines) is 1. The first-order valence-corrected chi connectivity index (χ1v) is 10.2. The van der Waals surface area contributed by atoms with Crippen molar-refractivity contribution in [2.45, 2.75) is 39.8 Å². The summed E-state index contributed by atoms with van der Waals surface area (Å²) in [5.41, 5.74) is 2.39. The highest BCUT2D eigenvalue weighted by molar-refractivity contribution is 6.46. The lowest BCUT2D eigenvalue weighted by atomic mass is 9.96. The number of carbonyl (C=O) groups is 2. The third-order valence-corrected chi connectivity index (χ3v) is 5.59. The van der Waals surface area contributed by atoms with Gasteiger partial charge in [0, 0.05) is 31.0 Å². The molecule has 0 spiro atoms. The van der Waals surface area contributed by atoms with Crippen LogP contribution in [-0.4, -0.2) is 37.8 Å². The molecule has 1 fully saturated rings. The number of imidazole rings is 1. The number of hydrogen-bond acceptors (Lipinski definition) is 5. The summed E-state index contributed by atoms with van der Waals surface area (Å²) in [4.78, 5) is 31.5. The topological polar surface area (TPSA) is 88.6 Å². The second-order valence-electron chi connectivity index (χ2n) is 7.91. The van der Waals surface area contributed by atoms with Gasteiger partial charge in [-0.1, -0.05) is 17.7 Å². The Balaban J connectivity index is 1.75. The number of rotatable bonds is 6. The van der Waals surface area contributed by atoms with Crippen molar-refractivity contribution in [3.63, 3.8) is 0 Å². The normalized spacial score (nSPS) is 18.2. The third-order valence-electron chi connectivity index (χ3n) is 5.59. The van der Waals surface area contributed by atoms with Crippen LogP contribution in [0.2, 0.25) is 0 Å². The lowest BCUT2D eigenvalue weighted by Gasteiger charge is -2.23. The van der Waals surface area contributed by atoms with E-state index in [1.807, 2.05) is 42.8 Å². The highest BCUT2D eigenvalue weighted by Crippen LogP contribution is 2.40. The zero-order valence-electron chi connectivity index (χ0n) is 17.8. The van der Waals surface area contributed by atoms with Crippen LogP contribution in [0.3, 0.4) is 0 Å². The summed E-state index contributed by atoms with van der Waals surface area (Å²) in [5.74, 6) is -0.357. The molecule has 1 N–H and O–H groups in total. The fraction of sp³-hybridized carbons (Fsp3) is 0.292. The minimum Gasteiger partial charge on any atom is -0.507 e. The van der Waals surface area contributed by atoms with Gasteiger partial charge in [0.05, 0.1) is 11.9 Å². The Morgan fingerprint density at radius 2 is 1.94 bits per heavy atom. The van der Waals surface area contributed by atoms with Gasteiger partial charge >= 0.3 is 0 Å². The van der Waals surface area contributed by atoms with E-state index in [1.54, 1.807) is 31.6 Å². The van der Waals surface area contributed by atoms with Gasteiger partial charge in [-0.05, 0) is 51.0 Å². The van der Waals surface area contributed by atoms with E-state index in [2.05, 4.69) is 4.98 Å². The molecule has 160 valence electrons. The van der Waals surface area contributed by atoms with Crippen LogP contribution in [0.4, 0.5) is 0 Å². The van der Waals surface area contributed by atoms with Crippen molar-refractivity contribution in [2.75, 3.05) is 6.54 Å². The number of hydrogen-bond donors (Lipinski definition) is 1. The Morgan fingerprint density at radius 1 is 1.13 bits per heavy atom. The van der Waals surface area contributed by atoms with Crippen molar-refractivity contribution < 1.29 is 19.1 Å². The van der Waals surface area contributed by atoms with Crippen LogP contribution in [0.25, 0.3) is 5.76 Å². The number of furan rings is 1. The highest BCUT2D eigenvalue weighted by Gasteiger charge is 2.47. The van der Waals surface area contributed by atoms with E-state index in [4.69, 9.17) is 4.42 Å². The molecule has 3 aromatic rings. The van der Waals surface area contributed by atoms with Crippen molar-refractivity contribution >= 4 is 17.4 Å². The minimum atomic E-state index is -0.767. The largest absolute Gasteiger partial charge is 0.507 e. The van der Waals surface area contributed by atoms with E-state index in [1.165, 1.54) is 4.90 Å². The predicted molar refractivity (Wildman–Crippen MR) is 115 cm³/mol. The molecule has 0 bridgehead atoms. The van der Waals surface area contributed by atoms with Gasteiger partial charge in [-0.3, -0.25) is 9.59 Å². The molecular formula is C24H25N3O4. The summed E-state index contributed by atoms with van der Waals surface area (Å²) >= 11 is 0. The molecule has 1 aliphatic heterocycles. The fourth-order valence-corrected chi connectivity index (χ4v) is 3.99. The zero-order chi connectivity index (χ0) is 22.1. The first-order valence-electron chi connectivity index (χ1n) is 10.2. The predicted octanol–water partition coefficient (Wildman–Crippen LogP) is 3.91. The summed E-state index contributed by atoms with van der Waals surface area (Å²) < 4.78 is 7.73. The number of Topliss-reactive ketones (excluding diaryl/α,β-unsaturated/α-hetero) is 1. The van der Waals surface area contributed by atoms with Gasteiger partial charge in [-0.15, -0.1) is 0 Å². The molecule has 1 atom stereocenters. The lowest BCUT2D eigenvalue weighted by Crippen LogP contribution is -2.31. The molecule has 1 saturated heterocycles. The van der Waals surface area contributed by atoms with Gasteiger partial charge in [-0.2, -0.15) is 0 Å². The first kappa shape index (κ1) is 20.7. The van der Waals surface area contributed by atoms with E-state index < -0.39 is 17.7 Å². The molecule has 2 aromatic heterocycles. The number of carbonyl (C=O) groups excluding carboxylic acids is 2. The summed E-state index contributed by atoms with van der Waals surface area (Å²) in [6.07, 6.45) is 5.88. The zero-order valence-corrected chi connectivity index (χ0v) is 17.8. The summed E-state index contributed by atoms with van der Waals surface area (Å²) in [6.45, 7) is 6.58. The average molecular weight is 419 g/mol. The van der Waals surface area contributed by atoms with Crippen molar-refractivity contribution in [1.82, 2.24) is 14.5 Å². The maximum atomic E-state index is 13.0. The maximum absolute atomic E-state index is 13.0. The van der Waals surface area contributed by atoms with Gasteiger partial charge < -0.3 is 19.0 Å². The molecule has 7 heteroatoms. The SMILES string of the molecule is Cc1ccc(C)c(C(O)=C2C(=O)C(=O)N(CCCn3ccnc3)C2c2ccc(C)o2)c1. The summed E-state index contributed by atoms with van der Waals surface area (Å²) in [6, 6.07) is 8.42. The van der Waals surface area contributed by atoms with E-state index in [0.717, 1.165) is 11.1 Å². The number of nitrogens with zero attached hydrogens (tertiary/aromatic N) is 3. The maximum Gasteiger partial charge on any atom is 0.295 e. The Hall–Kier alpha value is -3.61. The van der Waals surface area contributed by atoms with Crippen LogP contribution in [-0.2, 0) is 16.1 Å². The summed E-state index contributed by atoms with van der Waals surface area (Å²) in [5, 5.41) is 11.2. The third kappa shape index (κ3) is 3.91. The Morgan fingerprint density at radius 3 is 2.61 bits per heavy atom. The number of aromatic nitrogens is 2. The van der Waals surface area contributed by atoms with Gasteiger partial charge in [0.1, 0.15) is 23.3 Å². The van der Waals surface area contributed by atoms with Gasteiger partial charge in [0.25, 0.3) is 11.7 Å². The Labute approximate surface area is 180 Å². The number of aliphatic hydroxyl groups is 1. The van der Waals surface area contributed by atoms with Crippen LogP contribution >= 0.6 is 0 Å². The lowest BCUT2D eigenvalue weighted by molar-refractivity contribution is -0.140. The van der Waals surface area contributed by atoms with Crippen LogP contribution in [0.1, 0.15) is 40.7 Å². The Bertz CT molecular complexity index is 1160. The number of benzene rings is 1. The highest BCUT2D eigenvalue weighted by atomic mass is 16.3. The first-order chi connectivity index (χ1) is 14.9. The molecule has 1 amide bonds. The number of aliphatic hydroxyl groups excluding tert-OH is 1. The standard InChI is InChI=1S/C24H25N3O4/c1-15-5-6-16(2)18(13-15)22(28)20-21(19-8-7-17(3)31-19)27(24(30)23(20)29)11-4-10-26-12-9-25-14-26/h5-9,12-14,21,28H,4,10-11H2,1-3H3. The van der Waals surface area contributed by atoms with E-state index >= 15 is 0 Å². The molecule has 4 rings (SSSR count).